The number of rotatable bonds is 8. The fraction of sp³-hybridized carbons (Fsp3) is 0. The van der Waals surface area contributed by atoms with Crippen LogP contribution in [-0.4, -0.2) is 9.55 Å². The van der Waals surface area contributed by atoms with E-state index in [2.05, 4.69) is 258 Å². The molecule has 3 heteroatoms. The van der Waals surface area contributed by atoms with Crippen molar-refractivity contribution in [3.05, 3.63) is 255 Å². The normalized spacial score (nSPS) is 11.4. The Bertz CT molecular complexity index is 3500. The Hall–Kier alpha value is -8.66. The molecule has 0 aliphatic rings. The van der Waals surface area contributed by atoms with E-state index in [-0.39, 0.29) is 0 Å². The number of benzene rings is 10. The molecule has 12 aromatic rings. The molecule has 0 unspecified atom stereocenters. The van der Waals surface area contributed by atoms with E-state index in [1.807, 2.05) is 6.07 Å². The van der Waals surface area contributed by atoms with Gasteiger partial charge in [0.1, 0.15) is 11.4 Å². The van der Waals surface area contributed by atoms with E-state index in [4.69, 9.17) is 4.98 Å². The Morgan fingerprint density at radius 1 is 0.292 bits per heavy atom. The zero-order valence-electron chi connectivity index (χ0n) is 35.6. The van der Waals surface area contributed by atoms with Crippen molar-refractivity contribution in [3.63, 3.8) is 0 Å². The number of hydrogen-bond donors (Lipinski definition) is 0. The van der Waals surface area contributed by atoms with Crippen LogP contribution in [0.15, 0.2) is 255 Å². The number of para-hydroxylation sites is 1. The summed E-state index contributed by atoms with van der Waals surface area (Å²) in [5, 5.41) is 4.84. The van der Waals surface area contributed by atoms with Gasteiger partial charge < -0.3 is 4.57 Å². The van der Waals surface area contributed by atoms with Gasteiger partial charge in [-0.05, 0) is 91.7 Å². The molecule has 2 heterocycles. The van der Waals surface area contributed by atoms with E-state index < -0.39 is 0 Å². The molecule has 304 valence electrons. The summed E-state index contributed by atoms with van der Waals surface area (Å²) in [6.45, 7) is 0. The van der Waals surface area contributed by atoms with Crippen molar-refractivity contribution >= 4 is 32.6 Å². The van der Waals surface area contributed by atoms with Crippen LogP contribution in [0.3, 0.4) is 0 Å². The van der Waals surface area contributed by atoms with E-state index in [1.165, 1.54) is 77.1 Å². The number of nitrogens with zero attached hydrogens (tertiary/aromatic N) is 3. The Balaban J connectivity index is 0.889. The molecule has 0 fully saturated rings. The summed E-state index contributed by atoms with van der Waals surface area (Å²) in [7, 11) is 0. The van der Waals surface area contributed by atoms with Gasteiger partial charge in [-0.25, -0.2) is 4.98 Å². The van der Waals surface area contributed by atoms with Crippen LogP contribution in [0.2, 0.25) is 0 Å². The van der Waals surface area contributed by atoms with Gasteiger partial charge in [-0.2, -0.15) is 4.57 Å². The first-order chi connectivity index (χ1) is 32.2. The highest BCUT2D eigenvalue weighted by molar-refractivity contribution is 6.12. The molecule has 3 nitrogen and oxygen atoms in total. The van der Waals surface area contributed by atoms with E-state index in [0.29, 0.717) is 0 Å². The minimum absolute atomic E-state index is 0.923. The predicted molar refractivity (Wildman–Crippen MR) is 270 cm³/mol. The number of hydrogen-bond acceptors (Lipinski definition) is 1. The van der Waals surface area contributed by atoms with Crippen molar-refractivity contribution in [1.82, 2.24) is 9.55 Å². The Morgan fingerprint density at radius 3 is 1.28 bits per heavy atom. The zero-order chi connectivity index (χ0) is 43.1. The largest absolute Gasteiger partial charge is 0.309 e. The second-order valence-corrected chi connectivity index (χ2v) is 16.6. The zero-order valence-corrected chi connectivity index (χ0v) is 35.6. The number of aromatic nitrogens is 3. The Labute approximate surface area is 378 Å². The molecular weight excluding hydrogens is 787 g/mol. The van der Waals surface area contributed by atoms with Crippen molar-refractivity contribution in [1.29, 1.82) is 0 Å². The first-order valence-corrected chi connectivity index (χ1v) is 22.2. The molecule has 0 atom stereocenters. The van der Waals surface area contributed by atoms with Crippen LogP contribution in [0.1, 0.15) is 0 Å². The summed E-state index contributed by atoms with van der Waals surface area (Å²) in [5.74, 6) is 0. The lowest BCUT2D eigenvalue weighted by atomic mass is 9.93. The molecule has 10 aromatic carbocycles. The maximum atomic E-state index is 5.26. The predicted octanol–water partition coefficient (Wildman–Crippen LogP) is 15.6. The molecule has 0 N–H and O–H groups in total. The molecule has 0 amide bonds. The van der Waals surface area contributed by atoms with Crippen LogP contribution >= 0.6 is 0 Å². The smallest absolute Gasteiger partial charge is 0.210 e. The van der Waals surface area contributed by atoms with Crippen molar-refractivity contribution in [2.24, 2.45) is 0 Å². The second kappa shape index (κ2) is 16.2. The first-order valence-electron chi connectivity index (χ1n) is 22.2. The summed E-state index contributed by atoms with van der Waals surface area (Å²) in [6.07, 6.45) is 4.27. The SMILES string of the molecule is c1ccc(-c2ccc3c(c2)c2cc(-c4ccccc4)ccc2n3-c2ccc(-c3ccc(-c4ccc(-c5c[n+](-c6ccccc6)cc(-c6ccccc6)n5)c5ccccc45)cc3)cc2)cc1. The van der Waals surface area contributed by atoms with Gasteiger partial charge in [0.15, 0.2) is 0 Å². The van der Waals surface area contributed by atoms with Gasteiger partial charge in [-0.1, -0.05) is 194 Å². The van der Waals surface area contributed by atoms with Crippen LogP contribution < -0.4 is 4.57 Å². The van der Waals surface area contributed by atoms with E-state index in [0.717, 1.165) is 33.9 Å². The molecule has 0 aliphatic heterocycles. The van der Waals surface area contributed by atoms with Crippen LogP contribution in [0, 0.1) is 0 Å². The molecule has 0 radical (unpaired) electrons. The fourth-order valence-corrected chi connectivity index (χ4v) is 9.46. The lowest BCUT2D eigenvalue weighted by Crippen LogP contribution is -2.30. The molecule has 12 rings (SSSR count). The third-order valence-corrected chi connectivity index (χ3v) is 12.7. The number of fused-ring (bicyclic) bond motifs is 4. The quantitative estimate of drug-likeness (QED) is 0.140. The van der Waals surface area contributed by atoms with E-state index in [1.54, 1.807) is 0 Å². The van der Waals surface area contributed by atoms with Gasteiger partial charge in [-0.15, -0.1) is 0 Å². The molecule has 2 aromatic heterocycles. The van der Waals surface area contributed by atoms with Gasteiger partial charge >= 0.3 is 0 Å². The maximum Gasteiger partial charge on any atom is 0.210 e. The van der Waals surface area contributed by atoms with Crippen LogP contribution in [0.4, 0.5) is 0 Å². The summed E-state index contributed by atoms with van der Waals surface area (Å²) in [5.41, 5.74) is 18.2. The summed E-state index contributed by atoms with van der Waals surface area (Å²) < 4.78 is 4.59. The minimum Gasteiger partial charge on any atom is -0.309 e. The van der Waals surface area contributed by atoms with Gasteiger partial charge in [0, 0.05) is 39.7 Å². The molecular formula is C62H42N3+. The summed E-state index contributed by atoms with van der Waals surface area (Å²) >= 11 is 0. The van der Waals surface area contributed by atoms with E-state index >= 15 is 0 Å². The molecule has 0 aliphatic carbocycles. The standard InChI is InChI=1S/C62H42N3/c1-5-15-43(16-6-1)49-31-37-61-57(39-49)58-40-50(44-17-7-2-8-18-44)32-38-62(58)65(61)52-33-29-46(30-34-52)45-25-27-47(28-26-45)53-35-36-56(55-24-14-13-23-54(53)55)60-42-64(51-21-11-4-12-22-51)41-59(63-60)48-19-9-3-10-20-48/h1-42H/q+1. The van der Waals surface area contributed by atoms with Crippen molar-refractivity contribution in [3.8, 4) is 78.4 Å². The molecule has 0 spiro atoms. The highest BCUT2D eigenvalue weighted by Crippen LogP contribution is 2.39. The Kier molecular flexibility index (Phi) is 9.50. The summed E-state index contributed by atoms with van der Waals surface area (Å²) in [6, 6.07) is 87.2. The highest BCUT2D eigenvalue weighted by Gasteiger charge is 2.19. The third-order valence-electron chi connectivity index (χ3n) is 12.7. The van der Waals surface area contributed by atoms with Gasteiger partial charge in [0.05, 0.1) is 11.0 Å². The third kappa shape index (κ3) is 7.06. The van der Waals surface area contributed by atoms with Crippen LogP contribution in [-0.2, 0) is 0 Å². The first kappa shape index (κ1) is 38.0. The highest BCUT2D eigenvalue weighted by atomic mass is 15.0. The molecule has 0 bridgehead atoms. The molecule has 65 heavy (non-hydrogen) atoms. The van der Waals surface area contributed by atoms with Gasteiger partial charge in [-0.3, -0.25) is 0 Å². The lowest BCUT2D eigenvalue weighted by molar-refractivity contribution is -0.595. The van der Waals surface area contributed by atoms with Gasteiger partial charge in [0.2, 0.25) is 18.1 Å². The topological polar surface area (TPSA) is 21.7 Å². The minimum atomic E-state index is 0.923. The summed E-state index contributed by atoms with van der Waals surface area (Å²) in [4.78, 5) is 5.26. The molecule has 0 saturated heterocycles. The van der Waals surface area contributed by atoms with Crippen LogP contribution in [0.25, 0.3) is 111 Å². The van der Waals surface area contributed by atoms with Crippen molar-refractivity contribution in [2.45, 2.75) is 0 Å². The average Bonchev–Trinajstić information content (AvgIpc) is 3.72. The van der Waals surface area contributed by atoms with Gasteiger partial charge in [0.25, 0.3) is 0 Å². The monoisotopic (exact) mass is 828 g/mol. The Morgan fingerprint density at radius 2 is 0.708 bits per heavy atom. The van der Waals surface area contributed by atoms with Crippen LogP contribution in [0.5, 0.6) is 0 Å². The second-order valence-electron chi connectivity index (χ2n) is 16.6. The molecule has 0 saturated carbocycles. The lowest BCUT2D eigenvalue weighted by Gasteiger charge is -2.13. The maximum absolute atomic E-state index is 5.26. The fourth-order valence-electron chi connectivity index (χ4n) is 9.46. The van der Waals surface area contributed by atoms with E-state index in [9.17, 15) is 0 Å². The van der Waals surface area contributed by atoms with Crippen molar-refractivity contribution < 1.29 is 4.57 Å². The van der Waals surface area contributed by atoms with Crippen molar-refractivity contribution in [2.75, 3.05) is 0 Å². The average molecular weight is 829 g/mol.